The minimum absolute atomic E-state index is 0.180. The molecule has 1 atom stereocenters. The Labute approximate surface area is 170 Å². The van der Waals surface area contributed by atoms with Gasteiger partial charge in [0.25, 0.3) is 0 Å². The Morgan fingerprint density at radius 1 is 1.30 bits per heavy atom. The van der Waals surface area contributed by atoms with E-state index >= 15 is 0 Å². The molecule has 0 saturated heterocycles. The number of halogens is 1. The number of carbonyl (C=O) groups excluding carboxylic acids is 1. The number of hydrogen-bond acceptors (Lipinski definition) is 7. The highest BCUT2D eigenvalue weighted by Crippen LogP contribution is 2.47. The van der Waals surface area contributed by atoms with Crippen LogP contribution in [0.3, 0.4) is 0 Å². The Balaban J connectivity index is 1.58. The maximum absolute atomic E-state index is 14.1. The number of amidine groups is 1. The van der Waals surface area contributed by atoms with Crippen molar-refractivity contribution in [2.45, 2.75) is 25.8 Å². The summed E-state index contributed by atoms with van der Waals surface area (Å²) in [5.74, 6) is 0.992. The van der Waals surface area contributed by atoms with Gasteiger partial charge in [-0.2, -0.15) is 5.10 Å². The summed E-state index contributed by atoms with van der Waals surface area (Å²) < 4.78 is 21.3. The lowest BCUT2D eigenvalue weighted by molar-refractivity contribution is -0.118. The Hall–Kier alpha value is -3.82. The predicted octanol–water partition coefficient (Wildman–Crippen LogP) is 2.14. The third-order valence-corrected chi connectivity index (χ3v) is 5.36. The standard InChI is InChI=1S/C20H18FN7O2/c1-3-30-13-8-12(27-28(13)9-10-6-4-5-7-11(10)21)15-23-16-14-17(24-15)26-19(29)20(14,2)18(22)25-16/h4-8H,3,9H2,1-2H3,(H3,22,23,24,25,26,29). The van der Waals surface area contributed by atoms with E-state index in [9.17, 15) is 9.18 Å². The molecule has 0 bridgehead atoms. The van der Waals surface area contributed by atoms with Crippen molar-refractivity contribution < 1.29 is 13.9 Å². The third-order valence-electron chi connectivity index (χ3n) is 5.36. The minimum atomic E-state index is -1.05. The molecule has 4 heterocycles. The number of aliphatic imine (C=N–C) groups is 1. The Morgan fingerprint density at radius 2 is 2.10 bits per heavy atom. The van der Waals surface area contributed by atoms with Crippen LogP contribution in [-0.4, -0.2) is 38.1 Å². The van der Waals surface area contributed by atoms with E-state index in [1.54, 1.807) is 35.9 Å². The summed E-state index contributed by atoms with van der Waals surface area (Å²) >= 11 is 0. The number of amides is 1. The molecule has 0 aliphatic carbocycles. The van der Waals surface area contributed by atoms with Gasteiger partial charge in [-0.3, -0.25) is 4.79 Å². The fraction of sp³-hybridized carbons (Fsp3) is 0.250. The second kappa shape index (κ2) is 6.34. The zero-order chi connectivity index (χ0) is 21.0. The zero-order valence-corrected chi connectivity index (χ0v) is 16.3. The third kappa shape index (κ3) is 2.49. The van der Waals surface area contributed by atoms with Crippen molar-refractivity contribution in [2.75, 3.05) is 11.9 Å². The van der Waals surface area contributed by atoms with Crippen molar-refractivity contribution in [1.29, 1.82) is 0 Å². The first-order chi connectivity index (χ1) is 14.4. The first-order valence-corrected chi connectivity index (χ1v) is 9.45. The monoisotopic (exact) mass is 407 g/mol. The highest BCUT2D eigenvalue weighted by molar-refractivity contribution is 6.24. The number of anilines is 1. The molecule has 0 radical (unpaired) electrons. The molecule has 3 N–H and O–H groups in total. The first-order valence-electron chi connectivity index (χ1n) is 9.45. The molecule has 0 fully saturated rings. The molecule has 1 unspecified atom stereocenters. The summed E-state index contributed by atoms with van der Waals surface area (Å²) in [6, 6.07) is 8.15. The van der Waals surface area contributed by atoms with Crippen molar-refractivity contribution in [3.63, 3.8) is 0 Å². The van der Waals surface area contributed by atoms with Crippen LogP contribution in [0.25, 0.3) is 11.5 Å². The van der Waals surface area contributed by atoms with Crippen LogP contribution in [0.15, 0.2) is 35.3 Å². The normalized spacial score (nSPS) is 18.9. The van der Waals surface area contributed by atoms with Gasteiger partial charge < -0.3 is 15.8 Å². The molecule has 3 aromatic rings. The quantitative estimate of drug-likeness (QED) is 0.669. The van der Waals surface area contributed by atoms with E-state index in [0.717, 1.165) is 0 Å². The highest BCUT2D eigenvalue weighted by atomic mass is 19.1. The van der Waals surface area contributed by atoms with Crippen molar-refractivity contribution in [3.05, 3.63) is 47.3 Å². The number of benzene rings is 1. The number of ether oxygens (including phenoxy) is 1. The first kappa shape index (κ1) is 18.2. The molecule has 152 valence electrons. The molecule has 2 aromatic heterocycles. The zero-order valence-electron chi connectivity index (χ0n) is 16.3. The van der Waals surface area contributed by atoms with E-state index in [1.165, 1.54) is 6.07 Å². The number of aromatic nitrogens is 4. The molecule has 2 aliphatic rings. The van der Waals surface area contributed by atoms with Gasteiger partial charge >= 0.3 is 0 Å². The summed E-state index contributed by atoms with van der Waals surface area (Å²) in [6.45, 7) is 4.14. The summed E-state index contributed by atoms with van der Waals surface area (Å²) in [6.07, 6.45) is 0. The average Bonchev–Trinajstić information content (AvgIpc) is 3.32. The van der Waals surface area contributed by atoms with Gasteiger partial charge in [0.2, 0.25) is 11.8 Å². The Bertz CT molecular complexity index is 1240. The number of nitrogens with one attached hydrogen (secondary N) is 1. The summed E-state index contributed by atoms with van der Waals surface area (Å²) in [5, 5.41) is 7.26. The smallest absolute Gasteiger partial charge is 0.243 e. The summed E-state index contributed by atoms with van der Waals surface area (Å²) in [5.41, 5.74) is 6.41. The lowest BCUT2D eigenvalue weighted by Crippen LogP contribution is -2.42. The topological polar surface area (TPSA) is 120 Å². The molecular weight excluding hydrogens is 389 g/mol. The van der Waals surface area contributed by atoms with Gasteiger partial charge in [-0.1, -0.05) is 18.2 Å². The van der Waals surface area contributed by atoms with E-state index in [4.69, 9.17) is 10.5 Å². The number of rotatable bonds is 5. The van der Waals surface area contributed by atoms with E-state index in [0.29, 0.717) is 40.9 Å². The second-order valence-electron chi connectivity index (χ2n) is 7.22. The maximum atomic E-state index is 14.1. The molecule has 1 amide bonds. The molecule has 30 heavy (non-hydrogen) atoms. The average molecular weight is 407 g/mol. The van der Waals surface area contributed by atoms with Crippen LogP contribution in [0.5, 0.6) is 5.88 Å². The largest absolute Gasteiger partial charge is 0.478 e. The van der Waals surface area contributed by atoms with E-state index in [1.807, 2.05) is 6.92 Å². The van der Waals surface area contributed by atoms with E-state index in [2.05, 4.69) is 25.4 Å². The Morgan fingerprint density at radius 3 is 2.87 bits per heavy atom. The summed E-state index contributed by atoms with van der Waals surface area (Å²) in [4.78, 5) is 25.6. The van der Waals surface area contributed by atoms with Crippen LogP contribution in [0, 0.1) is 5.82 Å². The van der Waals surface area contributed by atoms with Gasteiger partial charge in [0.05, 0.1) is 18.7 Å². The van der Waals surface area contributed by atoms with Crippen molar-refractivity contribution in [2.24, 2.45) is 10.7 Å². The van der Waals surface area contributed by atoms with E-state index in [-0.39, 0.29) is 29.9 Å². The Kier molecular flexibility index (Phi) is 3.85. The maximum Gasteiger partial charge on any atom is 0.243 e. The van der Waals surface area contributed by atoms with Gasteiger partial charge in [-0.25, -0.2) is 24.0 Å². The number of nitrogens with zero attached hydrogens (tertiary/aromatic N) is 5. The molecule has 0 saturated carbocycles. The van der Waals surface area contributed by atoms with Gasteiger partial charge in [0.1, 0.15) is 28.6 Å². The van der Waals surface area contributed by atoms with Crippen molar-refractivity contribution >= 4 is 23.4 Å². The summed E-state index contributed by atoms with van der Waals surface area (Å²) in [7, 11) is 0. The van der Waals surface area contributed by atoms with Crippen LogP contribution in [0.1, 0.15) is 25.0 Å². The fourth-order valence-corrected chi connectivity index (χ4v) is 3.69. The van der Waals surface area contributed by atoms with E-state index < -0.39 is 5.41 Å². The molecule has 9 nitrogen and oxygen atoms in total. The van der Waals surface area contributed by atoms with Crippen LogP contribution < -0.4 is 15.8 Å². The molecule has 2 aliphatic heterocycles. The van der Waals surface area contributed by atoms with Crippen molar-refractivity contribution in [1.82, 2.24) is 19.7 Å². The van der Waals surface area contributed by atoms with Gasteiger partial charge in [-0.05, 0) is 19.9 Å². The van der Waals surface area contributed by atoms with Gasteiger partial charge in [-0.15, -0.1) is 0 Å². The van der Waals surface area contributed by atoms with Crippen LogP contribution in [-0.2, 0) is 16.8 Å². The molecule has 5 rings (SSSR count). The van der Waals surface area contributed by atoms with Crippen molar-refractivity contribution in [3.8, 4) is 17.4 Å². The SMILES string of the molecule is CCOc1cc(-c2nc3c4c(n2)NC(=O)C4(C)C(N)=N3)nn1Cc1ccccc1F. The minimum Gasteiger partial charge on any atom is -0.478 e. The lowest BCUT2D eigenvalue weighted by Gasteiger charge is -2.14. The predicted molar refractivity (Wildman–Crippen MR) is 107 cm³/mol. The molecular formula is C20H18FN7O2. The lowest BCUT2D eigenvalue weighted by atomic mass is 9.85. The van der Waals surface area contributed by atoms with Crippen LogP contribution in [0.4, 0.5) is 16.0 Å². The van der Waals surface area contributed by atoms with Gasteiger partial charge in [0.15, 0.2) is 11.6 Å². The molecule has 0 spiro atoms. The highest BCUT2D eigenvalue weighted by Gasteiger charge is 2.53. The number of nitrogens with two attached hydrogens (primary N) is 1. The number of carbonyl (C=O) groups is 1. The van der Waals surface area contributed by atoms with Gasteiger partial charge in [0, 0.05) is 11.6 Å². The van der Waals surface area contributed by atoms with Crippen LogP contribution in [0.2, 0.25) is 0 Å². The second-order valence-corrected chi connectivity index (χ2v) is 7.22. The van der Waals surface area contributed by atoms with Crippen LogP contribution >= 0.6 is 0 Å². The molecule has 1 aromatic carbocycles. The fourth-order valence-electron chi connectivity index (χ4n) is 3.69. The number of hydrogen-bond donors (Lipinski definition) is 2. The molecule has 10 heteroatoms.